The highest BCUT2D eigenvalue weighted by Gasteiger charge is 2.36. The van der Waals surface area contributed by atoms with Gasteiger partial charge in [0.2, 0.25) is 10.0 Å². The van der Waals surface area contributed by atoms with Gasteiger partial charge in [0.25, 0.3) is 11.8 Å². The lowest BCUT2D eigenvalue weighted by Gasteiger charge is -2.30. The van der Waals surface area contributed by atoms with Crippen LogP contribution in [0.5, 0.6) is 5.75 Å². The number of hydrogen-bond donors (Lipinski definition) is 0. The Hall–Kier alpha value is -5.31. The van der Waals surface area contributed by atoms with Crippen molar-refractivity contribution in [2.45, 2.75) is 38.1 Å². The minimum atomic E-state index is -3.75. The number of carbonyl (C=O) groups excluding carboxylic acids is 2. The zero-order valence-electron chi connectivity index (χ0n) is 27.0. The normalized spacial score (nSPS) is 18.3. The number of para-hydroxylation sites is 1. The van der Waals surface area contributed by atoms with Gasteiger partial charge in [0.1, 0.15) is 23.1 Å². The van der Waals surface area contributed by atoms with Crippen LogP contribution in [-0.2, 0) is 26.2 Å². The van der Waals surface area contributed by atoms with Crippen LogP contribution in [0, 0.1) is 17.2 Å². The number of piperidine rings is 1. The molecule has 1 atom stereocenters. The van der Waals surface area contributed by atoms with Gasteiger partial charge >= 0.3 is 0 Å². The molecule has 4 aromatic rings. The molecule has 1 aromatic heterocycles. The van der Waals surface area contributed by atoms with Crippen molar-refractivity contribution in [1.82, 2.24) is 19.0 Å². The van der Waals surface area contributed by atoms with Crippen LogP contribution in [0.1, 0.15) is 37.8 Å². The Kier molecular flexibility index (Phi) is 9.13. The number of rotatable bonds is 8. The topological polar surface area (TPSA) is 126 Å². The Balaban J connectivity index is 1.45. The summed E-state index contributed by atoms with van der Waals surface area (Å²) in [5, 5.41) is 14.8. The molecule has 48 heavy (non-hydrogen) atoms. The van der Waals surface area contributed by atoms with Gasteiger partial charge in [-0.1, -0.05) is 49.4 Å². The number of nitriles is 1. The summed E-state index contributed by atoms with van der Waals surface area (Å²) in [6.07, 6.45) is 5.17. The summed E-state index contributed by atoms with van der Waals surface area (Å²) in [6, 6.07) is 25.1. The molecule has 2 aliphatic rings. The molecule has 0 bridgehead atoms. The van der Waals surface area contributed by atoms with E-state index in [0.717, 1.165) is 23.4 Å². The summed E-state index contributed by atoms with van der Waals surface area (Å²) >= 11 is 0. The van der Waals surface area contributed by atoms with Crippen molar-refractivity contribution in [1.29, 1.82) is 5.26 Å². The highest BCUT2D eigenvalue weighted by molar-refractivity contribution is 7.89. The largest absolute Gasteiger partial charge is 0.497 e. The van der Waals surface area contributed by atoms with Gasteiger partial charge in [-0.2, -0.15) is 14.7 Å². The van der Waals surface area contributed by atoms with Crippen molar-refractivity contribution < 1.29 is 22.7 Å². The number of amides is 2. The number of carbonyl (C=O) groups is 2. The third-order valence-electron chi connectivity index (χ3n) is 8.75. The predicted molar refractivity (Wildman–Crippen MR) is 181 cm³/mol. The molecule has 0 aliphatic carbocycles. The molecule has 1 fully saturated rings. The number of imide groups is 1. The first-order valence-corrected chi connectivity index (χ1v) is 17.1. The molecule has 6 rings (SSSR count). The van der Waals surface area contributed by atoms with Crippen LogP contribution in [0.4, 0.5) is 0 Å². The number of hydrogen-bond acceptors (Lipinski definition) is 7. The van der Waals surface area contributed by atoms with Crippen LogP contribution in [-0.4, -0.2) is 59.4 Å². The zero-order chi connectivity index (χ0) is 34.0. The molecule has 10 nitrogen and oxygen atoms in total. The van der Waals surface area contributed by atoms with Crippen LogP contribution in [0.25, 0.3) is 23.0 Å². The minimum Gasteiger partial charge on any atom is -0.497 e. The van der Waals surface area contributed by atoms with E-state index in [2.05, 4.69) is 6.92 Å². The summed E-state index contributed by atoms with van der Waals surface area (Å²) < 4.78 is 35.9. The Morgan fingerprint density at radius 3 is 2.46 bits per heavy atom. The molecular weight excluding hydrogens is 627 g/mol. The molecule has 1 unspecified atom stereocenters. The molecule has 2 aliphatic heterocycles. The van der Waals surface area contributed by atoms with Gasteiger partial charge in [-0.3, -0.25) is 14.5 Å². The van der Waals surface area contributed by atoms with Crippen molar-refractivity contribution in [3.63, 3.8) is 0 Å². The van der Waals surface area contributed by atoms with Gasteiger partial charge < -0.3 is 4.74 Å². The first kappa shape index (κ1) is 32.6. The summed E-state index contributed by atoms with van der Waals surface area (Å²) in [6.45, 7) is 4.53. The summed E-state index contributed by atoms with van der Waals surface area (Å²) in [5.41, 5.74) is 3.23. The van der Waals surface area contributed by atoms with Gasteiger partial charge in [-0.25, -0.2) is 13.1 Å². The average Bonchev–Trinajstić information content (AvgIpc) is 3.53. The fourth-order valence-corrected chi connectivity index (χ4v) is 7.73. The second kappa shape index (κ2) is 13.4. The monoisotopic (exact) mass is 661 g/mol. The first-order valence-electron chi connectivity index (χ1n) is 15.7. The summed E-state index contributed by atoms with van der Waals surface area (Å²) in [7, 11) is -2.20. The van der Waals surface area contributed by atoms with Gasteiger partial charge in [0, 0.05) is 36.0 Å². The van der Waals surface area contributed by atoms with Crippen LogP contribution >= 0.6 is 0 Å². The fourth-order valence-electron chi connectivity index (χ4n) is 6.09. The molecule has 0 spiro atoms. The number of nitrogens with zero attached hydrogens (tertiary/aromatic N) is 5. The highest BCUT2D eigenvalue weighted by Crippen LogP contribution is 2.33. The maximum absolute atomic E-state index is 14.0. The maximum Gasteiger partial charge on any atom is 0.271 e. The smallest absolute Gasteiger partial charge is 0.271 e. The van der Waals surface area contributed by atoms with E-state index in [4.69, 9.17) is 9.84 Å². The van der Waals surface area contributed by atoms with Gasteiger partial charge in [-0.05, 0) is 79.3 Å². The third kappa shape index (κ3) is 6.32. The summed E-state index contributed by atoms with van der Waals surface area (Å²) in [5.74, 6) is -0.316. The van der Waals surface area contributed by atoms with E-state index in [1.165, 1.54) is 0 Å². The van der Waals surface area contributed by atoms with Crippen LogP contribution in [0.2, 0.25) is 0 Å². The molecule has 3 aromatic carbocycles. The lowest BCUT2D eigenvalue weighted by atomic mass is 9.93. The second-order valence-corrected chi connectivity index (χ2v) is 14.0. The lowest BCUT2D eigenvalue weighted by molar-refractivity contribution is -0.141. The molecule has 3 heterocycles. The van der Waals surface area contributed by atoms with E-state index < -0.39 is 21.8 Å². The lowest BCUT2D eigenvalue weighted by Crippen LogP contribution is -2.42. The number of aromatic nitrogens is 2. The van der Waals surface area contributed by atoms with E-state index in [0.29, 0.717) is 41.2 Å². The maximum atomic E-state index is 14.0. The van der Waals surface area contributed by atoms with Crippen molar-refractivity contribution in [2.24, 2.45) is 5.92 Å². The average molecular weight is 662 g/mol. The molecule has 0 N–H and O–H groups in total. The number of benzene rings is 3. The van der Waals surface area contributed by atoms with E-state index in [1.54, 1.807) is 83.8 Å². The number of ether oxygens (including phenoxy) is 1. The van der Waals surface area contributed by atoms with Gasteiger partial charge in [0.15, 0.2) is 0 Å². The van der Waals surface area contributed by atoms with Crippen molar-refractivity contribution >= 4 is 27.9 Å². The Bertz CT molecular complexity index is 2090. The predicted octanol–water partition coefficient (Wildman–Crippen LogP) is 5.76. The third-order valence-corrected chi connectivity index (χ3v) is 10.6. The highest BCUT2D eigenvalue weighted by atomic mass is 32.2. The molecule has 2 amide bonds. The van der Waals surface area contributed by atoms with Gasteiger partial charge in [-0.15, -0.1) is 0 Å². The number of methoxy groups -OCH3 is 1. The molecule has 0 radical (unpaired) electrons. The van der Waals surface area contributed by atoms with E-state index in [9.17, 15) is 23.3 Å². The van der Waals surface area contributed by atoms with E-state index in [1.807, 2.05) is 36.4 Å². The summed E-state index contributed by atoms with van der Waals surface area (Å²) in [4.78, 5) is 28.6. The molecule has 11 heteroatoms. The molecule has 0 saturated carbocycles. The zero-order valence-corrected chi connectivity index (χ0v) is 27.8. The second-order valence-electron chi connectivity index (χ2n) is 12.1. The van der Waals surface area contributed by atoms with Crippen LogP contribution in [0.3, 0.4) is 0 Å². The standard InChI is InChI=1S/C37H35N5O5S/c1-25-9-8-18-40(22-25)48(45,46)32-13-7-10-28(19-32)35-29(24-42(39-35)30-11-5-4-6-12-30)20-33-26(2)34(21-38)37(44)41(36(33)43)23-27-14-16-31(47-3)17-15-27/h4-7,10-17,19-20,24-25H,8-9,18,22-23H2,1-3H3/b33-20+. The Morgan fingerprint density at radius 1 is 1.02 bits per heavy atom. The van der Waals surface area contributed by atoms with Crippen LogP contribution in [0.15, 0.2) is 107 Å². The van der Waals surface area contributed by atoms with Crippen LogP contribution < -0.4 is 4.74 Å². The fraction of sp³-hybridized carbons (Fsp3) is 0.243. The van der Waals surface area contributed by atoms with E-state index in [-0.39, 0.29) is 34.1 Å². The molecule has 244 valence electrons. The van der Waals surface area contributed by atoms with Gasteiger partial charge in [0.05, 0.1) is 24.2 Å². The Morgan fingerprint density at radius 2 is 1.77 bits per heavy atom. The molecule has 1 saturated heterocycles. The Labute approximate surface area is 280 Å². The first-order chi connectivity index (χ1) is 23.1. The van der Waals surface area contributed by atoms with Crippen molar-refractivity contribution in [3.8, 4) is 28.8 Å². The SMILES string of the molecule is COc1ccc(CN2C(=O)C(C#N)=C(C)/C(=C\c3cn(-c4ccccc4)nc3-c3cccc(S(=O)(=O)N4CCCC(C)C4)c3)C2=O)cc1. The quantitative estimate of drug-likeness (QED) is 0.174. The van der Waals surface area contributed by atoms with E-state index >= 15 is 0 Å². The minimum absolute atomic E-state index is 0.0391. The molecular formula is C37H35N5O5S. The van der Waals surface area contributed by atoms with Crippen molar-refractivity contribution in [3.05, 3.63) is 113 Å². The number of sulfonamides is 1. The van der Waals surface area contributed by atoms with Crippen molar-refractivity contribution in [2.75, 3.05) is 20.2 Å².